The fourth-order valence-electron chi connectivity index (χ4n) is 1.51. The van der Waals surface area contributed by atoms with Crippen molar-refractivity contribution in [3.63, 3.8) is 0 Å². The number of rotatable bonds is 5. The first-order chi connectivity index (χ1) is 8.77. The summed E-state index contributed by atoms with van der Waals surface area (Å²) in [4.78, 5) is 10.9. The molecule has 0 aliphatic carbocycles. The van der Waals surface area contributed by atoms with Gasteiger partial charge in [0.25, 0.3) is 0 Å². The van der Waals surface area contributed by atoms with Gasteiger partial charge in [0, 0.05) is 6.54 Å². The topological polar surface area (TPSA) is 98.5 Å². The van der Waals surface area contributed by atoms with E-state index in [1.54, 1.807) is 6.07 Å². The number of benzene rings is 1. The summed E-state index contributed by atoms with van der Waals surface area (Å²) in [6.45, 7) is 3.64. The fraction of sp³-hybridized carbons (Fsp3) is 0.417. The Morgan fingerprint density at radius 1 is 1.32 bits per heavy atom. The third kappa shape index (κ3) is 3.93. The minimum Gasteiger partial charge on any atom is -0.469 e. The minimum absolute atomic E-state index is 0.0264. The lowest BCUT2D eigenvalue weighted by Gasteiger charge is -2.11. The lowest BCUT2D eigenvalue weighted by Crippen LogP contribution is -2.27. The maximum absolute atomic E-state index is 12.0. The van der Waals surface area contributed by atoms with Crippen molar-refractivity contribution in [2.45, 2.75) is 25.2 Å². The van der Waals surface area contributed by atoms with Crippen LogP contribution in [0.2, 0.25) is 0 Å². The van der Waals surface area contributed by atoms with Crippen molar-refractivity contribution >= 4 is 21.7 Å². The van der Waals surface area contributed by atoms with E-state index in [1.165, 1.54) is 13.2 Å². The number of aryl methyl sites for hydroxylation is 2. The summed E-state index contributed by atoms with van der Waals surface area (Å²) in [6.07, 6.45) is -0.0273. The van der Waals surface area contributed by atoms with E-state index in [2.05, 4.69) is 9.46 Å². The molecule has 0 amide bonds. The molecular weight excluding hydrogens is 268 g/mol. The van der Waals surface area contributed by atoms with Gasteiger partial charge in [0.05, 0.1) is 19.2 Å². The summed E-state index contributed by atoms with van der Waals surface area (Å²) in [7, 11) is -2.47. The zero-order chi connectivity index (χ0) is 14.6. The van der Waals surface area contributed by atoms with E-state index in [0.29, 0.717) is 0 Å². The number of carbonyl (C=O) groups excluding carboxylic acids is 1. The van der Waals surface area contributed by atoms with E-state index in [-0.39, 0.29) is 23.5 Å². The van der Waals surface area contributed by atoms with Gasteiger partial charge in [-0.15, -0.1) is 0 Å². The van der Waals surface area contributed by atoms with Gasteiger partial charge >= 0.3 is 5.97 Å². The highest BCUT2D eigenvalue weighted by molar-refractivity contribution is 7.89. The average Bonchev–Trinajstić information content (AvgIpc) is 2.33. The third-order valence-electron chi connectivity index (χ3n) is 2.76. The highest BCUT2D eigenvalue weighted by Crippen LogP contribution is 2.22. The molecule has 0 aliphatic rings. The molecule has 7 heteroatoms. The van der Waals surface area contributed by atoms with Gasteiger partial charge in [-0.1, -0.05) is 0 Å². The number of methoxy groups -OCH3 is 1. The van der Waals surface area contributed by atoms with Gasteiger partial charge in [-0.25, -0.2) is 13.1 Å². The number of hydrogen-bond donors (Lipinski definition) is 2. The lowest BCUT2D eigenvalue weighted by molar-refractivity contribution is -0.140. The molecule has 19 heavy (non-hydrogen) atoms. The van der Waals surface area contributed by atoms with Gasteiger partial charge in [0.2, 0.25) is 10.0 Å². The van der Waals surface area contributed by atoms with Crippen molar-refractivity contribution in [2.75, 3.05) is 19.4 Å². The predicted molar refractivity (Wildman–Crippen MR) is 72.1 cm³/mol. The Morgan fingerprint density at radius 2 is 1.89 bits per heavy atom. The summed E-state index contributed by atoms with van der Waals surface area (Å²) in [5.74, 6) is -0.476. The molecule has 0 unspecified atom stereocenters. The van der Waals surface area contributed by atoms with E-state index in [0.717, 1.165) is 11.1 Å². The minimum atomic E-state index is -3.72. The second kappa shape index (κ2) is 6.03. The summed E-state index contributed by atoms with van der Waals surface area (Å²) in [5.41, 5.74) is 7.67. The van der Waals surface area contributed by atoms with Gasteiger partial charge in [-0.2, -0.15) is 0 Å². The van der Waals surface area contributed by atoms with Crippen LogP contribution in [0.1, 0.15) is 17.5 Å². The molecule has 0 bridgehead atoms. The Kier molecular flexibility index (Phi) is 4.90. The van der Waals surface area contributed by atoms with Gasteiger partial charge in [0.15, 0.2) is 0 Å². The number of esters is 1. The number of hydrogen-bond acceptors (Lipinski definition) is 5. The van der Waals surface area contributed by atoms with Crippen LogP contribution in [-0.4, -0.2) is 28.0 Å². The van der Waals surface area contributed by atoms with Crippen LogP contribution < -0.4 is 10.5 Å². The molecule has 1 aromatic carbocycles. The summed E-state index contributed by atoms with van der Waals surface area (Å²) in [5, 5.41) is 0. The molecular formula is C12H18N2O4S. The maximum atomic E-state index is 12.0. The molecule has 0 saturated carbocycles. The predicted octanol–water partition coefficient (Wildman–Crippen LogP) is 0.727. The van der Waals surface area contributed by atoms with Crippen LogP contribution in [0.5, 0.6) is 0 Å². The first-order valence-corrected chi connectivity index (χ1v) is 7.19. The van der Waals surface area contributed by atoms with E-state index in [4.69, 9.17) is 5.73 Å². The van der Waals surface area contributed by atoms with Crippen LogP contribution >= 0.6 is 0 Å². The Morgan fingerprint density at radius 3 is 2.47 bits per heavy atom. The highest BCUT2D eigenvalue weighted by atomic mass is 32.2. The zero-order valence-corrected chi connectivity index (χ0v) is 12.0. The molecule has 0 radical (unpaired) electrons. The van der Waals surface area contributed by atoms with Gasteiger partial charge < -0.3 is 10.5 Å². The normalized spacial score (nSPS) is 11.3. The number of nitrogens with two attached hydrogens (primary N) is 1. The van der Waals surface area contributed by atoms with E-state index >= 15 is 0 Å². The van der Waals surface area contributed by atoms with Crippen LogP contribution in [0.4, 0.5) is 5.69 Å². The molecule has 1 rings (SSSR count). The molecule has 3 N–H and O–H groups in total. The monoisotopic (exact) mass is 286 g/mol. The molecule has 0 aliphatic heterocycles. The Balaban J connectivity index is 2.89. The van der Waals surface area contributed by atoms with Crippen molar-refractivity contribution in [3.8, 4) is 0 Å². The Hall–Kier alpha value is -1.60. The van der Waals surface area contributed by atoms with E-state index < -0.39 is 16.0 Å². The van der Waals surface area contributed by atoms with E-state index in [1.807, 2.05) is 13.8 Å². The second-order valence-electron chi connectivity index (χ2n) is 4.20. The van der Waals surface area contributed by atoms with Crippen molar-refractivity contribution < 1.29 is 17.9 Å². The largest absolute Gasteiger partial charge is 0.469 e. The van der Waals surface area contributed by atoms with Crippen LogP contribution in [-0.2, 0) is 19.6 Å². The van der Waals surface area contributed by atoms with Crippen molar-refractivity contribution in [1.29, 1.82) is 0 Å². The number of anilines is 1. The smallest absolute Gasteiger partial charge is 0.306 e. The first-order valence-electron chi connectivity index (χ1n) is 5.71. The summed E-state index contributed by atoms with van der Waals surface area (Å²) >= 11 is 0. The van der Waals surface area contributed by atoms with E-state index in [9.17, 15) is 13.2 Å². The molecule has 0 atom stereocenters. The molecule has 0 fully saturated rings. The molecule has 0 saturated heterocycles. The number of sulfonamides is 1. The first kappa shape index (κ1) is 15.5. The maximum Gasteiger partial charge on any atom is 0.306 e. The molecule has 0 spiro atoms. The van der Waals surface area contributed by atoms with Crippen LogP contribution in [0.25, 0.3) is 0 Å². The van der Waals surface area contributed by atoms with Crippen LogP contribution in [0, 0.1) is 13.8 Å². The van der Waals surface area contributed by atoms with Gasteiger partial charge in [-0.3, -0.25) is 4.79 Å². The number of carbonyl (C=O) groups is 1. The number of nitrogens with one attached hydrogen (secondary N) is 1. The van der Waals surface area contributed by atoms with Gasteiger partial charge in [-0.05, 0) is 37.1 Å². The molecule has 0 aromatic heterocycles. The van der Waals surface area contributed by atoms with Gasteiger partial charge in [0.1, 0.15) is 4.90 Å². The van der Waals surface area contributed by atoms with Crippen molar-refractivity contribution in [1.82, 2.24) is 4.72 Å². The Bertz CT molecular complexity index is 582. The summed E-state index contributed by atoms with van der Waals surface area (Å²) < 4.78 is 30.8. The molecule has 106 valence electrons. The molecule has 0 heterocycles. The zero-order valence-electron chi connectivity index (χ0n) is 11.2. The second-order valence-corrected chi connectivity index (χ2v) is 5.93. The SMILES string of the molecule is COC(=O)CCNS(=O)(=O)c1cc(C)c(C)cc1N. The number of ether oxygens (including phenoxy) is 1. The molecule has 1 aromatic rings. The van der Waals surface area contributed by atoms with Crippen molar-refractivity contribution in [2.24, 2.45) is 0 Å². The van der Waals surface area contributed by atoms with Crippen LogP contribution in [0.15, 0.2) is 17.0 Å². The lowest BCUT2D eigenvalue weighted by atomic mass is 10.1. The highest BCUT2D eigenvalue weighted by Gasteiger charge is 2.18. The average molecular weight is 286 g/mol. The summed E-state index contributed by atoms with van der Waals surface area (Å²) in [6, 6.07) is 3.13. The molecule has 6 nitrogen and oxygen atoms in total. The third-order valence-corrected chi connectivity index (χ3v) is 4.28. The van der Waals surface area contributed by atoms with Crippen LogP contribution in [0.3, 0.4) is 0 Å². The fourth-order valence-corrected chi connectivity index (χ4v) is 2.74. The van der Waals surface area contributed by atoms with Crippen molar-refractivity contribution in [3.05, 3.63) is 23.3 Å². The standard InChI is InChI=1S/C12H18N2O4S/c1-8-6-10(13)11(7-9(8)2)19(16,17)14-5-4-12(15)18-3/h6-7,14H,4-5,13H2,1-3H3. The quantitative estimate of drug-likeness (QED) is 0.614. The Labute approximate surface area is 113 Å². The number of nitrogen functional groups attached to an aromatic ring is 1.